The zero-order chi connectivity index (χ0) is 12.7. The summed E-state index contributed by atoms with van der Waals surface area (Å²) in [5, 5.41) is 0. The van der Waals surface area contributed by atoms with Crippen molar-refractivity contribution in [1.29, 1.82) is 0 Å². The van der Waals surface area contributed by atoms with Gasteiger partial charge in [0.25, 0.3) is 5.91 Å². The molecule has 1 aromatic carbocycles. The SMILES string of the molecule is Cc1cc(C)c2c(c1Br)OC(CN)C(=O)N2C. The predicted molar refractivity (Wildman–Crippen MR) is 70.5 cm³/mol. The lowest BCUT2D eigenvalue weighted by molar-refractivity contribution is -0.125. The van der Waals surface area contributed by atoms with E-state index in [0.29, 0.717) is 5.75 Å². The predicted octanol–water partition coefficient (Wildman–Crippen LogP) is 1.75. The number of likely N-dealkylation sites (N-methyl/N-ethyl adjacent to an activating group) is 1. The molecule has 92 valence electrons. The van der Waals surface area contributed by atoms with Crippen molar-refractivity contribution in [3.8, 4) is 5.75 Å². The second-order valence-electron chi connectivity index (χ2n) is 4.24. The van der Waals surface area contributed by atoms with Crippen LogP contribution in [-0.2, 0) is 4.79 Å². The van der Waals surface area contributed by atoms with E-state index in [-0.39, 0.29) is 12.5 Å². The minimum absolute atomic E-state index is 0.0983. The van der Waals surface area contributed by atoms with Crippen LogP contribution >= 0.6 is 15.9 Å². The van der Waals surface area contributed by atoms with E-state index in [2.05, 4.69) is 15.9 Å². The Labute approximate surface area is 109 Å². The summed E-state index contributed by atoms with van der Waals surface area (Å²) < 4.78 is 6.58. The lowest BCUT2D eigenvalue weighted by atomic mass is 10.1. The largest absolute Gasteiger partial charge is 0.476 e. The molecule has 1 amide bonds. The average molecular weight is 299 g/mol. The van der Waals surface area contributed by atoms with E-state index in [4.69, 9.17) is 10.5 Å². The molecule has 1 aromatic rings. The monoisotopic (exact) mass is 298 g/mol. The maximum absolute atomic E-state index is 12.0. The third-order valence-electron chi connectivity index (χ3n) is 2.98. The van der Waals surface area contributed by atoms with Gasteiger partial charge in [0.05, 0.1) is 10.2 Å². The van der Waals surface area contributed by atoms with Crippen LogP contribution in [0.3, 0.4) is 0 Å². The smallest absolute Gasteiger partial charge is 0.269 e. The Balaban J connectivity index is 2.64. The van der Waals surface area contributed by atoms with E-state index in [1.165, 1.54) is 0 Å². The van der Waals surface area contributed by atoms with Gasteiger partial charge in [-0.05, 0) is 40.9 Å². The quantitative estimate of drug-likeness (QED) is 0.859. The number of anilines is 1. The van der Waals surface area contributed by atoms with E-state index < -0.39 is 6.10 Å². The van der Waals surface area contributed by atoms with Crippen molar-refractivity contribution in [3.05, 3.63) is 21.7 Å². The number of carbonyl (C=O) groups is 1. The zero-order valence-electron chi connectivity index (χ0n) is 10.1. The summed E-state index contributed by atoms with van der Waals surface area (Å²) in [6.45, 7) is 4.14. The van der Waals surface area contributed by atoms with Gasteiger partial charge in [0.2, 0.25) is 0 Å². The first-order valence-electron chi connectivity index (χ1n) is 5.41. The van der Waals surface area contributed by atoms with Crippen molar-refractivity contribution in [1.82, 2.24) is 0 Å². The van der Waals surface area contributed by atoms with Crippen LogP contribution in [0.5, 0.6) is 5.75 Å². The lowest BCUT2D eigenvalue weighted by Gasteiger charge is -2.33. The van der Waals surface area contributed by atoms with E-state index in [1.807, 2.05) is 19.9 Å². The Morgan fingerprint density at radius 2 is 2.12 bits per heavy atom. The fraction of sp³-hybridized carbons (Fsp3) is 0.417. The van der Waals surface area contributed by atoms with Crippen LogP contribution < -0.4 is 15.4 Å². The van der Waals surface area contributed by atoms with Gasteiger partial charge in [0.1, 0.15) is 0 Å². The number of carbonyl (C=O) groups excluding carboxylic acids is 1. The van der Waals surface area contributed by atoms with E-state index >= 15 is 0 Å². The Hall–Kier alpha value is -1.07. The highest BCUT2D eigenvalue weighted by molar-refractivity contribution is 9.10. The number of aryl methyl sites for hydroxylation is 2. The number of hydrogen-bond donors (Lipinski definition) is 1. The molecule has 1 aliphatic rings. The second-order valence-corrected chi connectivity index (χ2v) is 5.03. The van der Waals surface area contributed by atoms with Gasteiger partial charge in [0.15, 0.2) is 11.9 Å². The Morgan fingerprint density at radius 3 is 2.71 bits per heavy atom. The van der Waals surface area contributed by atoms with Gasteiger partial charge >= 0.3 is 0 Å². The van der Waals surface area contributed by atoms with Crippen LogP contribution in [0, 0.1) is 13.8 Å². The maximum Gasteiger partial charge on any atom is 0.269 e. The summed E-state index contributed by atoms with van der Waals surface area (Å²) in [7, 11) is 1.75. The van der Waals surface area contributed by atoms with Crippen LogP contribution in [0.2, 0.25) is 0 Å². The fourth-order valence-corrected chi connectivity index (χ4v) is 2.51. The van der Waals surface area contributed by atoms with Gasteiger partial charge in [-0.15, -0.1) is 0 Å². The van der Waals surface area contributed by atoms with Gasteiger partial charge in [-0.25, -0.2) is 0 Å². The number of nitrogens with zero attached hydrogens (tertiary/aromatic N) is 1. The molecule has 0 radical (unpaired) electrons. The molecule has 0 saturated heterocycles. The summed E-state index contributed by atoms with van der Waals surface area (Å²) in [6, 6.07) is 2.03. The first-order valence-corrected chi connectivity index (χ1v) is 6.20. The van der Waals surface area contributed by atoms with Gasteiger partial charge in [-0.3, -0.25) is 4.79 Å². The molecule has 2 N–H and O–H groups in total. The molecule has 0 saturated carbocycles. The van der Waals surface area contributed by atoms with Gasteiger partial charge in [-0.1, -0.05) is 6.07 Å². The molecule has 1 heterocycles. The molecule has 1 atom stereocenters. The molecule has 5 heteroatoms. The summed E-state index contributed by atoms with van der Waals surface area (Å²) >= 11 is 3.50. The van der Waals surface area contributed by atoms with E-state index in [1.54, 1.807) is 11.9 Å². The summed E-state index contributed by atoms with van der Waals surface area (Å²) in [4.78, 5) is 13.6. The van der Waals surface area contributed by atoms with Crippen molar-refractivity contribution >= 4 is 27.5 Å². The standard InChI is InChI=1S/C12H15BrN2O2/c1-6-4-7(2)10-11(9(6)13)17-8(5-14)12(16)15(10)3/h4,8H,5,14H2,1-3H3. The van der Waals surface area contributed by atoms with Crippen molar-refractivity contribution in [2.75, 3.05) is 18.5 Å². The Kier molecular flexibility index (Phi) is 3.14. The molecule has 1 unspecified atom stereocenters. The average Bonchev–Trinajstić information content (AvgIpc) is 2.29. The third-order valence-corrected chi connectivity index (χ3v) is 3.97. The number of ether oxygens (including phenoxy) is 1. The van der Waals surface area contributed by atoms with Crippen molar-refractivity contribution in [2.24, 2.45) is 5.73 Å². The van der Waals surface area contributed by atoms with Crippen LogP contribution in [0.15, 0.2) is 10.5 Å². The number of halogens is 1. The molecule has 4 nitrogen and oxygen atoms in total. The number of fused-ring (bicyclic) bond motifs is 1. The highest BCUT2D eigenvalue weighted by atomic mass is 79.9. The molecule has 0 spiro atoms. The molecule has 0 aliphatic carbocycles. The number of benzene rings is 1. The number of rotatable bonds is 1. The molecule has 0 fully saturated rings. The topological polar surface area (TPSA) is 55.6 Å². The summed E-state index contributed by atoms with van der Waals surface area (Å²) in [6.07, 6.45) is -0.593. The summed E-state index contributed by atoms with van der Waals surface area (Å²) in [5.41, 5.74) is 8.47. The molecular weight excluding hydrogens is 284 g/mol. The molecule has 2 rings (SSSR count). The number of hydrogen-bond acceptors (Lipinski definition) is 3. The minimum atomic E-state index is -0.593. The first-order chi connectivity index (χ1) is 7.97. The highest BCUT2D eigenvalue weighted by Crippen LogP contribution is 2.43. The molecule has 0 bridgehead atoms. The van der Waals surface area contributed by atoms with Crippen LogP contribution in [0.4, 0.5) is 5.69 Å². The zero-order valence-corrected chi connectivity index (χ0v) is 11.7. The van der Waals surface area contributed by atoms with E-state index in [9.17, 15) is 4.79 Å². The van der Waals surface area contributed by atoms with Crippen molar-refractivity contribution in [2.45, 2.75) is 20.0 Å². The van der Waals surface area contributed by atoms with E-state index in [0.717, 1.165) is 21.3 Å². The lowest BCUT2D eigenvalue weighted by Crippen LogP contribution is -2.48. The van der Waals surface area contributed by atoms with Gasteiger partial charge in [0, 0.05) is 13.6 Å². The van der Waals surface area contributed by atoms with Crippen LogP contribution in [-0.4, -0.2) is 25.6 Å². The Bertz CT molecular complexity index is 488. The minimum Gasteiger partial charge on any atom is -0.476 e. The van der Waals surface area contributed by atoms with Crippen molar-refractivity contribution < 1.29 is 9.53 Å². The molecule has 1 aliphatic heterocycles. The second kappa shape index (κ2) is 4.31. The summed E-state index contributed by atoms with van der Waals surface area (Å²) in [5.74, 6) is 0.610. The van der Waals surface area contributed by atoms with Crippen molar-refractivity contribution in [3.63, 3.8) is 0 Å². The normalized spacial score (nSPS) is 19.0. The Morgan fingerprint density at radius 1 is 1.47 bits per heavy atom. The van der Waals surface area contributed by atoms with Gasteiger partial charge in [-0.2, -0.15) is 0 Å². The maximum atomic E-state index is 12.0. The number of amides is 1. The molecular formula is C12H15BrN2O2. The van der Waals surface area contributed by atoms with Gasteiger partial charge < -0.3 is 15.4 Å². The molecule has 0 aromatic heterocycles. The first kappa shape index (κ1) is 12.4. The number of nitrogens with two attached hydrogens (primary N) is 1. The molecule has 17 heavy (non-hydrogen) atoms. The highest BCUT2D eigenvalue weighted by Gasteiger charge is 2.34. The van der Waals surface area contributed by atoms with Crippen LogP contribution in [0.25, 0.3) is 0 Å². The fourth-order valence-electron chi connectivity index (χ4n) is 2.11. The van der Waals surface area contributed by atoms with Crippen LogP contribution in [0.1, 0.15) is 11.1 Å². The third kappa shape index (κ3) is 1.83.